The van der Waals surface area contributed by atoms with Gasteiger partial charge in [-0.15, -0.1) is 0 Å². The normalized spacial score (nSPS) is 11.2. The molecular formula is C13H15Cl2N3O. The summed E-state index contributed by atoms with van der Waals surface area (Å²) in [5.41, 5.74) is 0.815. The summed E-state index contributed by atoms with van der Waals surface area (Å²) in [6, 6.07) is 5.77. The van der Waals surface area contributed by atoms with Crippen LogP contribution in [-0.4, -0.2) is 16.2 Å². The van der Waals surface area contributed by atoms with Gasteiger partial charge in [-0.2, -0.15) is 4.98 Å². The van der Waals surface area contributed by atoms with Crippen LogP contribution in [-0.2, 0) is 13.0 Å². The maximum atomic E-state index is 6.11. The highest BCUT2D eigenvalue weighted by Crippen LogP contribution is 2.26. The Hall–Kier alpha value is -1.10. The second-order valence-electron chi connectivity index (χ2n) is 4.52. The smallest absolute Gasteiger partial charge is 0.240 e. The van der Waals surface area contributed by atoms with Crippen LogP contribution in [0.2, 0.25) is 10.0 Å². The molecule has 0 saturated heterocycles. The van der Waals surface area contributed by atoms with Gasteiger partial charge in [0.15, 0.2) is 5.82 Å². The summed E-state index contributed by atoms with van der Waals surface area (Å²) < 4.78 is 5.16. The Morgan fingerprint density at radius 2 is 1.95 bits per heavy atom. The van der Waals surface area contributed by atoms with Crippen LogP contribution in [0, 0.1) is 0 Å². The molecular weight excluding hydrogens is 285 g/mol. The quantitative estimate of drug-likeness (QED) is 0.918. The lowest BCUT2D eigenvalue weighted by molar-refractivity contribution is 0.358. The van der Waals surface area contributed by atoms with Crippen molar-refractivity contribution in [2.24, 2.45) is 0 Å². The highest BCUT2D eigenvalue weighted by atomic mass is 35.5. The molecule has 102 valence electrons. The van der Waals surface area contributed by atoms with Gasteiger partial charge in [-0.05, 0) is 17.7 Å². The Balaban J connectivity index is 2.07. The van der Waals surface area contributed by atoms with E-state index in [0.717, 1.165) is 5.56 Å². The molecule has 0 aliphatic heterocycles. The summed E-state index contributed by atoms with van der Waals surface area (Å²) in [6.07, 6.45) is 0.462. The second kappa shape index (κ2) is 6.37. The summed E-state index contributed by atoms with van der Waals surface area (Å²) in [6.45, 7) is 4.67. The number of aromatic nitrogens is 2. The summed E-state index contributed by atoms with van der Waals surface area (Å²) >= 11 is 12.2. The first-order chi connectivity index (χ1) is 9.06. The van der Waals surface area contributed by atoms with Crippen molar-refractivity contribution in [1.29, 1.82) is 0 Å². The topological polar surface area (TPSA) is 51.0 Å². The predicted molar refractivity (Wildman–Crippen MR) is 75.5 cm³/mol. The molecule has 1 heterocycles. The van der Waals surface area contributed by atoms with Gasteiger partial charge in [-0.1, -0.05) is 48.3 Å². The fraction of sp³-hybridized carbons (Fsp3) is 0.385. The van der Waals surface area contributed by atoms with Crippen molar-refractivity contribution >= 4 is 23.2 Å². The zero-order valence-electron chi connectivity index (χ0n) is 10.8. The van der Waals surface area contributed by atoms with Gasteiger partial charge >= 0.3 is 0 Å². The summed E-state index contributed by atoms with van der Waals surface area (Å²) in [4.78, 5) is 4.30. The Labute approximate surface area is 122 Å². The third-order valence-electron chi connectivity index (χ3n) is 2.57. The number of nitrogens with one attached hydrogen (secondary N) is 1. The minimum atomic E-state index is 0.369. The summed E-state index contributed by atoms with van der Waals surface area (Å²) in [5.74, 6) is 1.14. The SMILES string of the molecule is CC(C)NCc1nc(Cc2c(Cl)cccc2Cl)no1. The van der Waals surface area contributed by atoms with Crippen LogP contribution in [0.3, 0.4) is 0 Å². The largest absolute Gasteiger partial charge is 0.338 e. The van der Waals surface area contributed by atoms with E-state index in [1.54, 1.807) is 12.1 Å². The number of rotatable bonds is 5. The first-order valence-corrected chi connectivity index (χ1v) is 6.79. The van der Waals surface area contributed by atoms with E-state index in [4.69, 9.17) is 27.7 Å². The highest BCUT2D eigenvalue weighted by molar-refractivity contribution is 6.36. The molecule has 1 N–H and O–H groups in total. The van der Waals surface area contributed by atoms with Gasteiger partial charge in [0.05, 0.1) is 6.54 Å². The van der Waals surface area contributed by atoms with E-state index in [9.17, 15) is 0 Å². The van der Waals surface area contributed by atoms with Crippen LogP contribution in [0.1, 0.15) is 31.1 Å². The van der Waals surface area contributed by atoms with Crippen LogP contribution >= 0.6 is 23.2 Å². The lowest BCUT2D eigenvalue weighted by Gasteiger charge is -2.03. The lowest BCUT2D eigenvalue weighted by atomic mass is 10.1. The Kier molecular flexibility index (Phi) is 4.80. The molecule has 0 amide bonds. The summed E-state index contributed by atoms with van der Waals surface area (Å²) in [7, 11) is 0. The van der Waals surface area contributed by atoms with Gasteiger partial charge in [0, 0.05) is 22.5 Å². The molecule has 19 heavy (non-hydrogen) atoms. The minimum absolute atomic E-state index is 0.369. The molecule has 0 bridgehead atoms. The average molecular weight is 300 g/mol. The molecule has 0 saturated carbocycles. The van der Waals surface area contributed by atoms with Crippen molar-refractivity contribution in [3.05, 3.63) is 45.5 Å². The van der Waals surface area contributed by atoms with Crippen molar-refractivity contribution in [3.8, 4) is 0 Å². The van der Waals surface area contributed by atoms with Gasteiger partial charge < -0.3 is 9.84 Å². The van der Waals surface area contributed by atoms with Crippen LogP contribution < -0.4 is 5.32 Å². The molecule has 1 aromatic heterocycles. The van der Waals surface area contributed by atoms with Gasteiger partial charge in [0.2, 0.25) is 5.89 Å². The molecule has 4 nitrogen and oxygen atoms in total. The van der Waals surface area contributed by atoms with E-state index in [-0.39, 0.29) is 0 Å². The van der Waals surface area contributed by atoms with Crippen molar-refractivity contribution in [1.82, 2.24) is 15.5 Å². The number of halogens is 2. The van der Waals surface area contributed by atoms with Crippen LogP contribution in [0.5, 0.6) is 0 Å². The fourth-order valence-electron chi connectivity index (χ4n) is 1.58. The molecule has 1 aromatic carbocycles. The van der Waals surface area contributed by atoms with Gasteiger partial charge in [0.25, 0.3) is 0 Å². The number of nitrogens with zero attached hydrogens (tertiary/aromatic N) is 2. The number of hydrogen-bond donors (Lipinski definition) is 1. The molecule has 0 fully saturated rings. The van der Waals surface area contributed by atoms with Crippen molar-refractivity contribution in [2.75, 3.05) is 0 Å². The Morgan fingerprint density at radius 1 is 1.26 bits per heavy atom. The van der Waals surface area contributed by atoms with Gasteiger partial charge in [-0.3, -0.25) is 0 Å². The van der Waals surface area contributed by atoms with E-state index in [1.165, 1.54) is 0 Å². The van der Waals surface area contributed by atoms with Crippen LogP contribution in [0.4, 0.5) is 0 Å². The number of hydrogen-bond acceptors (Lipinski definition) is 4. The monoisotopic (exact) mass is 299 g/mol. The van der Waals surface area contributed by atoms with E-state index >= 15 is 0 Å². The zero-order valence-corrected chi connectivity index (χ0v) is 12.3. The standard InChI is InChI=1S/C13H15Cl2N3O/c1-8(2)16-7-13-17-12(18-19-13)6-9-10(14)4-3-5-11(9)15/h3-5,8,16H,6-7H2,1-2H3. The first-order valence-electron chi connectivity index (χ1n) is 6.04. The molecule has 6 heteroatoms. The molecule has 0 atom stereocenters. The van der Waals surface area contributed by atoms with E-state index in [0.29, 0.717) is 40.8 Å². The maximum absolute atomic E-state index is 6.11. The molecule has 0 unspecified atom stereocenters. The van der Waals surface area contributed by atoms with Crippen molar-refractivity contribution in [3.63, 3.8) is 0 Å². The third kappa shape index (κ3) is 3.93. The Bertz CT molecular complexity index is 534. The van der Waals surface area contributed by atoms with Gasteiger partial charge in [0.1, 0.15) is 0 Å². The van der Waals surface area contributed by atoms with E-state index < -0.39 is 0 Å². The van der Waals surface area contributed by atoms with E-state index in [1.807, 2.05) is 6.07 Å². The summed E-state index contributed by atoms with van der Waals surface area (Å²) in [5, 5.41) is 8.36. The average Bonchev–Trinajstić information content (AvgIpc) is 2.79. The van der Waals surface area contributed by atoms with Crippen LogP contribution in [0.25, 0.3) is 0 Å². The molecule has 0 spiro atoms. The zero-order chi connectivity index (χ0) is 13.8. The number of benzene rings is 1. The predicted octanol–water partition coefficient (Wildman–Crippen LogP) is 3.47. The van der Waals surface area contributed by atoms with Crippen molar-refractivity contribution < 1.29 is 4.52 Å². The Morgan fingerprint density at radius 3 is 2.58 bits per heavy atom. The first kappa shape index (κ1) is 14.3. The second-order valence-corrected chi connectivity index (χ2v) is 5.33. The fourth-order valence-corrected chi connectivity index (χ4v) is 2.12. The lowest BCUT2D eigenvalue weighted by Crippen LogP contribution is -2.21. The molecule has 0 aliphatic rings. The van der Waals surface area contributed by atoms with Crippen LogP contribution in [0.15, 0.2) is 22.7 Å². The highest BCUT2D eigenvalue weighted by Gasteiger charge is 2.12. The molecule has 2 rings (SSSR count). The van der Waals surface area contributed by atoms with Crippen molar-refractivity contribution in [2.45, 2.75) is 32.9 Å². The molecule has 0 aliphatic carbocycles. The maximum Gasteiger partial charge on any atom is 0.240 e. The molecule has 0 radical (unpaired) electrons. The molecule has 2 aromatic rings. The van der Waals surface area contributed by atoms with E-state index in [2.05, 4.69) is 29.3 Å². The third-order valence-corrected chi connectivity index (χ3v) is 3.28. The van der Waals surface area contributed by atoms with Gasteiger partial charge in [-0.25, -0.2) is 0 Å². The minimum Gasteiger partial charge on any atom is -0.338 e.